The summed E-state index contributed by atoms with van der Waals surface area (Å²) in [4.78, 5) is 31.9. The Kier molecular flexibility index (Phi) is 4.47. The molecule has 0 amide bonds. The highest BCUT2D eigenvalue weighted by Crippen LogP contribution is 2.14. The average Bonchev–Trinajstić information content (AvgIpc) is 2.70. The third-order valence-electron chi connectivity index (χ3n) is 2.14. The highest BCUT2D eigenvalue weighted by Gasteiger charge is 2.27. The zero-order chi connectivity index (χ0) is 13.7. The van der Waals surface area contributed by atoms with Gasteiger partial charge in [0, 0.05) is 13.3 Å². The van der Waals surface area contributed by atoms with Crippen LogP contribution in [0.1, 0.15) is 18.4 Å². The normalized spacial score (nSPS) is 10.3. The van der Waals surface area contributed by atoms with Gasteiger partial charge in [0.2, 0.25) is 0 Å². The predicted octanol–water partition coefficient (Wildman–Crippen LogP) is 0.671. The van der Waals surface area contributed by atoms with Gasteiger partial charge in [-0.2, -0.15) is 0 Å². The van der Waals surface area contributed by atoms with Gasteiger partial charge in [0.15, 0.2) is 5.92 Å². The molecule has 0 spiro atoms. The first-order valence-electron chi connectivity index (χ1n) is 5.06. The van der Waals surface area contributed by atoms with Crippen molar-refractivity contribution in [2.75, 3.05) is 0 Å². The van der Waals surface area contributed by atoms with E-state index < -0.39 is 23.8 Å². The molecular formula is C11H12O7. The molecule has 0 saturated carbocycles. The number of carbonyl (C=O) groups excluding carboxylic acids is 1. The Balaban J connectivity index is 2.65. The third-order valence-corrected chi connectivity index (χ3v) is 2.14. The van der Waals surface area contributed by atoms with Crippen LogP contribution in [0, 0.1) is 5.92 Å². The molecule has 0 bridgehead atoms. The van der Waals surface area contributed by atoms with Crippen molar-refractivity contribution in [3.63, 3.8) is 0 Å². The minimum Gasteiger partial charge on any atom is -0.481 e. The van der Waals surface area contributed by atoms with Crippen molar-refractivity contribution < 1.29 is 33.8 Å². The molecule has 7 heteroatoms. The number of hydrogen-bond acceptors (Lipinski definition) is 5. The minimum absolute atomic E-state index is 0.0693. The molecular weight excluding hydrogens is 244 g/mol. The maximum Gasteiger partial charge on any atom is 0.318 e. The van der Waals surface area contributed by atoms with E-state index in [4.69, 9.17) is 14.6 Å². The van der Waals surface area contributed by atoms with Crippen molar-refractivity contribution in [1.82, 2.24) is 0 Å². The second-order valence-corrected chi connectivity index (χ2v) is 3.58. The van der Waals surface area contributed by atoms with Gasteiger partial charge in [-0.25, -0.2) is 0 Å². The van der Waals surface area contributed by atoms with E-state index in [1.165, 1.54) is 19.1 Å². The zero-order valence-electron chi connectivity index (χ0n) is 9.58. The molecule has 1 aromatic rings. The van der Waals surface area contributed by atoms with Crippen LogP contribution < -0.4 is 0 Å². The van der Waals surface area contributed by atoms with Crippen LogP contribution in [0.25, 0.3) is 0 Å². The fourth-order valence-electron chi connectivity index (χ4n) is 1.26. The van der Waals surface area contributed by atoms with E-state index in [9.17, 15) is 14.4 Å². The molecule has 18 heavy (non-hydrogen) atoms. The molecule has 7 nitrogen and oxygen atoms in total. The molecule has 0 aliphatic carbocycles. The molecule has 2 N–H and O–H groups in total. The lowest BCUT2D eigenvalue weighted by Gasteiger charge is -2.04. The van der Waals surface area contributed by atoms with Crippen LogP contribution in [0.4, 0.5) is 0 Å². The second-order valence-electron chi connectivity index (χ2n) is 3.58. The predicted molar refractivity (Wildman–Crippen MR) is 56.6 cm³/mol. The van der Waals surface area contributed by atoms with Gasteiger partial charge in [0.1, 0.15) is 18.1 Å². The summed E-state index contributed by atoms with van der Waals surface area (Å²) in [7, 11) is 0. The summed E-state index contributed by atoms with van der Waals surface area (Å²) >= 11 is 0. The SMILES string of the molecule is CC(=O)OCc1ccc(CC(C(=O)O)C(=O)O)o1. The lowest BCUT2D eigenvalue weighted by atomic mass is 10.1. The molecule has 1 heterocycles. The summed E-state index contributed by atoms with van der Waals surface area (Å²) < 4.78 is 9.84. The molecule has 0 fully saturated rings. The zero-order valence-corrected chi connectivity index (χ0v) is 9.58. The molecule has 1 rings (SSSR count). The molecule has 0 radical (unpaired) electrons. The van der Waals surface area contributed by atoms with Gasteiger partial charge >= 0.3 is 17.9 Å². The number of esters is 1. The fraction of sp³-hybridized carbons (Fsp3) is 0.364. The van der Waals surface area contributed by atoms with E-state index in [0.717, 1.165) is 0 Å². The number of aliphatic carboxylic acids is 2. The monoisotopic (exact) mass is 256 g/mol. The standard InChI is InChI=1S/C11H12O7/c1-6(12)17-5-8-3-2-7(18-8)4-9(10(13)14)11(15)16/h2-3,9H,4-5H2,1H3,(H,13,14)(H,15,16). The Labute approximate surface area is 102 Å². The Bertz CT molecular complexity index is 446. The van der Waals surface area contributed by atoms with Crippen molar-refractivity contribution in [2.24, 2.45) is 5.92 Å². The van der Waals surface area contributed by atoms with Crippen LogP contribution in [0.5, 0.6) is 0 Å². The van der Waals surface area contributed by atoms with Gasteiger partial charge in [-0.05, 0) is 12.1 Å². The lowest BCUT2D eigenvalue weighted by Crippen LogP contribution is -2.25. The van der Waals surface area contributed by atoms with E-state index >= 15 is 0 Å². The lowest BCUT2D eigenvalue weighted by molar-refractivity contribution is -0.154. The number of carbonyl (C=O) groups is 3. The van der Waals surface area contributed by atoms with Crippen molar-refractivity contribution in [2.45, 2.75) is 20.0 Å². The summed E-state index contributed by atoms with van der Waals surface area (Å²) in [5.74, 6) is -4.35. The maximum absolute atomic E-state index is 10.7. The van der Waals surface area contributed by atoms with Crippen molar-refractivity contribution >= 4 is 17.9 Å². The summed E-state index contributed by atoms with van der Waals surface area (Å²) in [5.41, 5.74) is 0. The highest BCUT2D eigenvalue weighted by atomic mass is 16.5. The first-order chi connectivity index (χ1) is 8.40. The topological polar surface area (TPSA) is 114 Å². The van der Waals surface area contributed by atoms with E-state index in [1.54, 1.807) is 0 Å². The van der Waals surface area contributed by atoms with Crippen LogP contribution in [-0.2, 0) is 32.1 Å². The number of ether oxygens (including phenoxy) is 1. The van der Waals surface area contributed by atoms with Crippen LogP contribution in [0.2, 0.25) is 0 Å². The molecule has 0 unspecified atom stereocenters. The first-order valence-corrected chi connectivity index (χ1v) is 5.06. The molecule has 0 aliphatic heterocycles. The number of carboxylic acid groups (broad SMARTS) is 2. The summed E-state index contributed by atoms with van der Waals surface area (Å²) in [6.45, 7) is 1.18. The smallest absolute Gasteiger partial charge is 0.318 e. The fourth-order valence-corrected chi connectivity index (χ4v) is 1.26. The largest absolute Gasteiger partial charge is 0.481 e. The quantitative estimate of drug-likeness (QED) is 0.567. The van der Waals surface area contributed by atoms with Crippen LogP contribution >= 0.6 is 0 Å². The molecule has 1 aromatic heterocycles. The van der Waals surface area contributed by atoms with E-state index in [0.29, 0.717) is 5.76 Å². The van der Waals surface area contributed by atoms with Gasteiger partial charge in [0.05, 0.1) is 0 Å². The molecule has 0 aromatic carbocycles. The van der Waals surface area contributed by atoms with Gasteiger partial charge in [-0.3, -0.25) is 14.4 Å². The summed E-state index contributed by atoms with van der Waals surface area (Å²) in [6.07, 6.45) is -0.259. The number of furan rings is 1. The third kappa shape index (κ3) is 3.93. The second kappa shape index (κ2) is 5.85. The Hall–Kier alpha value is -2.31. The van der Waals surface area contributed by atoms with Gasteiger partial charge in [-0.1, -0.05) is 0 Å². The van der Waals surface area contributed by atoms with Gasteiger partial charge < -0.3 is 19.4 Å². The van der Waals surface area contributed by atoms with Gasteiger partial charge in [0.25, 0.3) is 0 Å². The number of rotatable bonds is 6. The van der Waals surface area contributed by atoms with Crippen LogP contribution in [-0.4, -0.2) is 28.1 Å². The van der Waals surface area contributed by atoms with Crippen LogP contribution in [0.15, 0.2) is 16.5 Å². The summed E-state index contributed by atoms with van der Waals surface area (Å²) in [5, 5.41) is 17.4. The van der Waals surface area contributed by atoms with E-state index in [1.807, 2.05) is 0 Å². The van der Waals surface area contributed by atoms with Gasteiger partial charge in [-0.15, -0.1) is 0 Å². The van der Waals surface area contributed by atoms with Crippen molar-refractivity contribution in [3.05, 3.63) is 23.7 Å². The molecule has 98 valence electrons. The highest BCUT2D eigenvalue weighted by molar-refractivity contribution is 5.93. The molecule has 0 aliphatic rings. The number of hydrogen-bond donors (Lipinski definition) is 2. The summed E-state index contributed by atoms with van der Waals surface area (Å²) in [6, 6.07) is 2.96. The first kappa shape index (κ1) is 13.8. The minimum atomic E-state index is -1.56. The van der Waals surface area contributed by atoms with E-state index in [-0.39, 0.29) is 18.8 Å². The Morgan fingerprint density at radius 3 is 2.28 bits per heavy atom. The Morgan fingerprint density at radius 2 is 1.78 bits per heavy atom. The molecule has 0 saturated heterocycles. The Morgan fingerprint density at radius 1 is 1.22 bits per heavy atom. The molecule has 0 atom stereocenters. The van der Waals surface area contributed by atoms with E-state index in [2.05, 4.69) is 4.74 Å². The van der Waals surface area contributed by atoms with Crippen molar-refractivity contribution in [1.29, 1.82) is 0 Å². The number of carboxylic acids is 2. The van der Waals surface area contributed by atoms with Crippen molar-refractivity contribution in [3.8, 4) is 0 Å². The maximum atomic E-state index is 10.7. The van der Waals surface area contributed by atoms with Crippen LogP contribution in [0.3, 0.4) is 0 Å². The average molecular weight is 256 g/mol.